The van der Waals surface area contributed by atoms with Gasteiger partial charge >= 0.3 is 0 Å². The van der Waals surface area contributed by atoms with Crippen LogP contribution in [-0.2, 0) is 0 Å². The van der Waals surface area contributed by atoms with Crippen LogP contribution in [0.4, 0.5) is 11.4 Å². The van der Waals surface area contributed by atoms with Crippen molar-refractivity contribution in [3.05, 3.63) is 29.4 Å². The third kappa shape index (κ3) is 1.25. The van der Waals surface area contributed by atoms with Crippen molar-refractivity contribution >= 4 is 33.9 Å². The minimum absolute atomic E-state index is 0.417. The van der Waals surface area contributed by atoms with Crippen LogP contribution in [0.3, 0.4) is 0 Å². The summed E-state index contributed by atoms with van der Waals surface area (Å²) in [6, 6.07) is 5.53. The number of aromatic nitrogens is 1. The molecule has 5 N–H and O–H groups in total. The molecular weight excluding hydrogens is 200 g/mol. The van der Waals surface area contributed by atoms with Crippen LogP contribution in [0.5, 0.6) is 0 Å². The number of anilines is 2. The maximum Gasteiger partial charge on any atom is 0.0919 e. The van der Waals surface area contributed by atoms with Crippen LogP contribution in [0, 0.1) is 0 Å². The Bertz CT molecular complexity index is 483. The van der Waals surface area contributed by atoms with Gasteiger partial charge in [0.2, 0.25) is 0 Å². The van der Waals surface area contributed by atoms with Gasteiger partial charge < -0.3 is 11.2 Å². The van der Waals surface area contributed by atoms with E-state index in [2.05, 4.69) is 10.4 Å². The Kier molecular flexibility index (Phi) is 2.15. The van der Waals surface area contributed by atoms with Crippen molar-refractivity contribution in [3.63, 3.8) is 0 Å². The van der Waals surface area contributed by atoms with Crippen LogP contribution in [0.2, 0.25) is 5.02 Å². The number of hydrogen-bond acceptors (Lipinski definition) is 4. The van der Waals surface area contributed by atoms with Gasteiger partial charge in [0.1, 0.15) is 0 Å². The van der Waals surface area contributed by atoms with Gasteiger partial charge in [0.25, 0.3) is 0 Å². The molecule has 0 radical (unpaired) electrons. The highest BCUT2D eigenvalue weighted by Gasteiger charge is 2.08. The molecule has 0 aliphatic heterocycles. The van der Waals surface area contributed by atoms with Gasteiger partial charge in [0.05, 0.1) is 21.9 Å². The first kappa shape index (κ1) is 9.05. The van der Waals surface area contributed by atoms with Crippen molar-refractivity contribution in [2.45, 2.75) is 0 Å². The van der Waals surface area contributed by atoms with Gasteiger partial charge in [-0.1, -0.05) is 17.7 Å². The lowest BCUT2D eigenvalue weighted by Crippen LogP contribution is -2.09. The Morgan fingerprint density at radius 2 is 2.21 bits per heavy atom. The van der Waals surface area contributed by atoms with Crippen LogP contribution >= 0.6 is 11.6 Å². The molecule has 14 heavy (non-hydrogen) atoms. The zero-order valence-corrected chi connectivity index (χ0v) is 8.05. The van der Waals surface area contributed by atoms with E-state index in [1.807, 2.05) is 18.2 Å². The van der Waals surface area contributed by atoms with E-state index in [1.54, 1.807) is 6.20 Å². The summed E-state index contributed by atoms with van der Waals surface area (Å²) in [6.07, 6.45) is 1.67. The maximum absolute atomic E-state index is 6.03. The van der Waals surface area contributed by atoms with Crippen LogP contribution in [-0.4, -0.2) is 4.98 Å². The van der Waals surface area contributed by atoms with Crippen molar-refractivity contribution < 1.29 is 0 Å². The monoisotopic (exact) mass is 208 g/mol. The second kappa shape index (κ2) is 3.32. The molecule has 0 fully saturated rings. The van der Waals surface area contributed by atoms with Crippen molar-refractivity contribution in [1.82, 2.24) is 4.98 Å². The minimum atomic E-state index is 0.417. The predicted molar refractivity (Wildman–Crippen MR) is 59.0 cm³/mol. The minimum Gasteiger partial charge on any atom is -0.396 e. The second-order valence-electron chi connectivity index (χ2n) is 2.87. The molecule has 1 heterocycles. The van der Waals surface area contributed by atoms with E-state index in [-0.39, 0.29) is 0 Å². The van der Waals surface area contributed by atoms with Gasteiger partial charge in [-0.15, -0.1) is 0 Å². The van der Waals surface area contributed by atoms with Gasteiger partial charge in [-0.3, -0.25) is 10.8 Å². The van der Waals surface area contributed by atoms with Crippen LogP contribution in [0.1, 0.15) is 0 Å². The Morgan fingerprint density at radius 1 is 1.43 bits per heavy atom. The van der Waals surface area contributed by atoms with Crippen LogP contribution in [0.15, 0.2) is 24.4 Å². The molecule has 5 heteroatoms. The number of pyridine rings is 1. The molecule has 0 aliphatic carbocycles. The molecule has 1 aromatic carbocycles. The highest BCUT2D eigenvalue weighted by Crippen LogP contribution is 2.33. The number of nitrogens with two attached hydrogens (primary N) is 2. The number of benzene rings is 1. The quantitative estimate of drug-likeness (QED) is 0.379. The molecule has 0 saturated heterocycles. The van der Waals surface area contributed by atoms with Gasteiger partial charge in [-0.05, 0) is 12.1 Å². The highest BCUT2D eigenvalue weighted by atomic mass is 35.5. The SMILES string of the molecule is NNc1cc2cccnc2c(Cl)c1N. The molecule has 72 valence electrons. The Morgan fingerprint density at radius 3 is 2.93 bits per heavy atom. The number of halogens is 1. The molecule has 2 aromatic rings. The number of nitrogen functional groups attached to an aromatic ring is 2. The average Bonchev–Trinajstić information content (AvgIpc) is 2.23. The predicted octanol–water partition coefficient (Wildman–Crippen LogP) is 1.76. The third-order valence-corrected chi connectivity index (χ3v) is 2.41. The summed E-state index contributed by atoms with van der Waals surface area (Å²) in [4.78, 5) is 4.14. The fourth-order valence-corrected chi connectivity index (χ4v) is 1.58. The number of rotatable bonds is 1. The molecule has 0 aliphatic rings. The summed E-state index contributed by atoms with van der Waals surface area (Å²) in [5.74, 6) is 5.30. The largest absolute Gasteiger partial charge is 0.396 e. The molecular formula is C9H9ClN4. The lowest BCUT2D eigenvalue weighted by molar-refractivity contribution is 1.35. The standard InChI is InChI=1S/C9H9ClN4/c10-7-8(11)6(14-12)4-5-2-1-3-13-9(5)7/h1-4,14H,11-12H2. The van der Waals surface area contributed by atoms with E-state index in [9.17, 15) is 0 Å². The summed E-state index contributed by atoms with van der Waals surface area (Å²) >= 11 is 6.03. The Balaban J connectivity index is 2.85. The van der Waals surface area contributed by atoms with E-state index in [0.717, 1.165) is 5.39 Å². The molecule has 0 atom stereocenters. The fourth-order valence-electron chi connectivity index (χ4n) is 1.32. The number of nitrogens with one attached hydrogen (secondary N) is 1. The number of fused-ring (bicyclic) bond motifs is 1. The topological polar surface area (TPSA) is 77.0 Å². The molecule has 2 rings (SSSR count). The van der Waals surface area contributed by atoms with Crippen LogP contribution in [0.25, 0.3) is 10.9 Å². The molecule has 0 spiro atoms. The Labute approximate surface area is 85.8 Å². The van der Waals surface area contributed by atoms with Gasteiger partial charge in [0.15, 0.2) is 0 Å². The molecule has 4 nitrogen and oxygen atoms in total. The van der Waals surface area contributed by atoms with Gasteiger partial charge in [0, 0.05) is 11.6 Å². The zero-order valence-electron chi connectivity index (χ0n) is 7.29. The van der Waals surface area contributed by atoms with Crippen molar-refractivity contribution in [3.8, 4) is 0 Å². The molecule has 1 aromatic heterocycles. The van der Waals surface area contributed by atoms with E-state index in [4.69, 9.17) is 23.2 Å². The van der Waals surface area contributed by atoms with E-state index in [0.29, 0.717) is 21.9 Å². The highest BCUT2D eigenvalue weighted by molar-refractivity contribution is 6.38. The molecule has 0 saturated carbocycles. The van der Waals surface area contributed by atoms with Gasteiger partial charge in [-0.25, -0.2) is 0 Å². The summed E-state index contributed by atoms with van der Waals surface area (Å²) in [7, 11) is 0. The van der Waals surface area contributed by atoms with Crippen LogP contribution < -0.4 is 17.0 Å². The number of nitrogens with zero attached hydrogens (tertiary/aromatic N) is 1. The third-order valence-electron chi connectivity index (χ3n) is 2.03. The molecule has 0 bridgehead atoms. The normalized spacial score (nSPS) is 10.4. The van der Waals surface area contributed by atoms with E-state index < -0.39 is 0 Å². The summed E-state index contributed by atoms with van der Waals surface area (Å²) in [5, 5.41) is 1.33. The zero-order chi connectivity index (χ0) is 10.1. The number of hydrogen-bond donors (Lipinski definition) is 3. The molecule has 0 amide bonds. The van der Waals surface area contributed by atoms with Gasteiger partial charge in [-0.2, -0.15) is 0 Å². The first-order valence-electron chi connectivity index (χ1n) is 4.03. The van der Waals surface area contributed by atoms with E-state index in [1.165, 1.54) is 0 Å². The van der Waals surface area contributed by atoms with Crippen molar-refractivity contribution in [2.24, 2.45) is 5.84 Å². The first-order chi connectivity index (χ1) is 6.74. The lowest BCUT2D eigenvalue weighted by Gasteiger charge is -2.08. The smallest absolute Gasteiger partial charge is 0.0919 e. The average molecular weight is 209 g/mol. The number of hydrazine groups is 1. The van der Waals surface area contributed by atoms with E-state index >= 15 is 0 Å². The summed E-state index contributed by atoms with van der Waals surface area (Å²) < 4.78 is 0. The van der Waals surface area contributed by atoms with Crippen molar-refractivity contribution in [1.29, 1.82) is 0 Å². The lowest BCUT2D eigenvalue weighted by atomic mass is 10.1. The summed E-state index contributed by atoms with van der Waals surface area (Å²) in [6.45, 7) is 0. The molecule has 0 unspecified atom stereocenters. The Hall–Kier alpha value is -1.52. The summed E-state index contributed by atoms with van der Waals surface area (Å²) in [5.41, 5.74) is 9.95. The van der Waals surface area contributed by atoms with Crippen molar-refractivity contribution in [2.75, 3.05) is 11.2 Å². The first-order valence-corrected chi connectivity index (χ1v) is 4.41. The maximum atomic E-state index is 6.03. The fraction of sp³-hybridized carbons (Fsp3) is 0. The second-order valence-corrected chi connectivity index (χ2v) is 3.25.